The highest BCUT2D eigenvalue weighted by molar-refractivity contribution is 8.00. The first-order valence-corrected chi connectivity index (χ1v) is 8.33. The fraction of sp³-hybridized carbons (Fsp3) is 0.211. The lowest BCUT2D eigenvalue weighted by atomic mass is 10.2. The number of hydrogen-bond donors (Lipinski definition) is 0. The van der Waals surface area contributed by atoms with Gasteiger partial charge in [-0.3, -0.25) is 4.79 Å². The van der Waals surface area contributed by atoms with Gasteiger partial charge in [0.2, 0.25) is 5.91 Å². The van der Waals surface area contributed by atoms with Crippen LogP contribution >= 0.6 is 11.8 Å². The molecule has 0 radical (unpaired) electrons. The summed E-state index contributed by atoms with van der Waals surface area (Å²) in [6.07, 6.45) is 5.36. The average Bonchev–Trinajstić information content (AvgIpc) is 2.61. The quantitative estimate of drug-likeness (QED) is 0.568. The second-order valence-corrected chi connectivity index (χ2v) is 6.09. The molecule has 0 unspecified atom stereocenters. The lowest BCUT2D eigenvalue weighted by Gasteiger charge is -2.20. The molecular formula is C19H18FNO2S. The van der Waals surface area contributed by atoms with Gasteiger partial charge in [0.1, 0.15) is 11.6 Å². The average molecular weight is 343 g/mol. The number of benzene rings is 2. The molecule has 24 heavy (non-hydrogen) atoms. The molecule has 1 amide bonds. The zero-order valence-electron chi connectivity index (χ0n) is 13.4. The monoisotopic (exact) mass is 343 g/mol. The molecule has 0 bridgehead atoms. The summed E-state index contributed by atoms with van der Waals surface area (Å²) < 4.78 is 18.1. The summed E-state index contributed by atoms with van der Waals surface area (Å²) in [5.41, 5.74) is 0.842. The summed E-state index contributed by atoms with van der Waals surface area (Å²) in [5, 5.41) is 0. The molecule has 0 aliphatic rings. The van der Waals surface area contributed by atoms with Gasteiger partial charge in [-0.05, 0) is 42.0 Å². The third-order valence-corrected chi connectivity index (χ3v) is 4.34. The van der Waals surface area contributed by atoms with Crippen molar-refractivity contribution in [3.8, 4) is 18.1 Å². The smallest absolute Gasteiger partial charge is 0.234 e. The Kier molecular flexibility index (Phi) is 6.71. The normalized spacial score (nSPS) is 10.0. The van der Waals surface area contributed by atoms with Gasteiger partial charge < -0.3 is 9.64 Å². The van der Waals surface area contributed by atoms with E-state index in [-0.39, 0.29) is 24.0 Å². The molecule has 0 atom stereocenters. The van der Waals surface area contributed by atoms with E-state index >= 15 is 0 Å². The molecule has 0 fully saturated rings. The van der Waals surface area contributed by atoms with Crippen molar-refractivity contribution in [2.45, 2.75) is 11.4 Å². The molecule has 3 nitrogen and oxygen atoms in total. The van der Waals surface area contributed by atoms with E-state index in [1.54, 1.807) is 24.1 Å². The Labute approximate surface area is 145 Å². The number of amides is 1. The van der Waals surface area contributed by atoms with Crippen molar-refractivity contribution in [3.63, 3.8) is 0 Å². The van der Waals surface area contributed by atoms with Crippen LogP contribution in [0.15, 0.2) is 53.4 Å². The van der Waals surface area contributed by atoms with Gasteiger partial charge in [0.25, 0.3) is 0 Å². The first kappa shape index (κ1) is 17.9. The van der Waals surface area contributed by atoms with Crippen LogP contribution < -0.4 is 4.74 Å². The van der Waals surface area contributed by atoms with E-state index in [4.69, 9.17) is 11.2 Å². The Hall–Kier alpha value is -2.45. The number of carbonyl (C=O) groups is 1. The minimum Gasteiger partial charge on any atom is -0.497 e. The molecule has 0 aliphatic heterocycles. The van der Waals surface area contributed by atoms with E-state index in [0.29, 0.717) is 6.54 Å². The Morgan fingerprint density at radius 2 is 1.88 bits per heavy atom. The lowest BCUT2D eigenvalue weighted by molar-refractivity contribution is -0.128. The molecule has 0 aromatic heterocycles. The van der Waals surface area contributed by atoms with E-state index < -0.39 is 0 Å². The van der Waals surface area contributed by atoms with Crippen LogP contribution in [0.25, 0.3) is 0 Å². The maximum absolute atomic E-state index is 13.0. The number of halogens is 1. The first-order chi connectivity index (χ1) is 11.6. The number of terminal acetylenes is 1. The van der Waals surface area contributed by atoms with Crippen molar-refractivity contribution in [1.82, 2.24) is 4.90 Å². The Morgan fingerprint density at radius 3 is 2.46 bits per heavy atom. The molecule has 2 aromatic rings. The SMILES string of the molecule is C#CCN(Cc1ccc(F)cc1)C(=O)CSc1ccc(OC)cc1. The predicted molar refractivity (Wildman–Crippen MR) is 94.4 cm³/mol. The van der Waals surface area contributed by atoms with Gasteiger partial charge in [0.05, 0.1) is 19.4 Å². The molecule has 5 heteroatoms. The van der Waals surface area contributed by atoms with Crippen LogP contribution in [-0.2, 0) is 11.3 Å². The van der Waals surface area contributed by atoms with Crippen LogP contribution in [0.2, 0.25) is 0 Å². The molecule has 0 aliphatic carbocycles. The van der Waals surface area contributed by atoms with Crippen molar-refractivity contribution in [2.75, 3.05) is 19.4 Å². The molecular weight excluding hydrogens is 325 g/mol. The predicted octanol–water partition coefficient (Wildman–Crippen LogP) is 3.59. The zero-order chi connectivity index (χ0) is 17.4. The van der Waals surface area contributed by atoms with Gasteiger partial charge in [-0.1, -0.05) is 18.1 Å². The fourth-order valence-electron chi connectivity index (χ4n) is 2.06. The summed E-state index contributed by atoms with van der Waals surface area (Å²) in [6, 6.07) is 13.6. The highest BCUT2D eigenvalue weighted by Crippen LogP contribution is 2.22. The van der Waals surface area contributed by atoms with E-state index in [1.165, 1.54) is 23.9 Å². The second-order valence-electron chi connectivity index (χ2n) is 5.04. The van der Waals surface area contributed by atoms with Crippen LogP contribution in [0, 0.1) is 18.2 Å². The van der Waals surface area contributed by atoms with Gasteiger partial charge in [-0.2, -0.15) is 0 Å². The molecule has 2 aromatic carbocycles. The third-order valence-electron chi connectivity index (χ3n) is 3.34. The fourth-order valence-corrected chi connectivity index (χ4v) is 2.86. The van der Waals surface area contributed by atoms with Crippen LogP contribution in [0.5, 0.6) is 5.75 Å². The summed E-state index contributed by atoms with van der Waals surface area (Å²) in [6.45, 7) is 0.589. The van der Waals surface area contributed by atoms with E-state index in [2.05, 4.69) is 5.92 Å². The number of thioether (sulfide) groups is 1. The Morgan fingerprint density at radius 1 is 1.21 bits per heavy atom. The highest BCUT2D eigenvalue weighted by atomic mass is 32.2. The maximum Gasteiger partial charge on any atom is 0.234 e. The Balaban J connectivity index is 1.95. The molecule has 0 saturated heterocycles. The van der Waals surface area contributed by atoms with Crippen molar-refractivity contribution < 1.29 is 13.9 Å². The number of nitrogens with zero attached hydrogens (tertiary/aromatic N) is 1. The van der Waals surface area contributed by atoms with Gasteiger partial charge in [0, 0.05) is 11.4 Å². The molecule has 0 heterocycles. The molecule has 0 spiro atoms. The van der Waals surface area contributed by atoms with Gasteiger partial charge in [-0.15, -0.1) is 18.2 Å². The van der Waals surface area contributed by atoms with E-state index in [1.807, 2.05) is 24.3 Å². The largest absolute Gasteiger partial charge is 0.497 e. The standard InChI is InChI=1S/C19H18FNO2S/c1-3-12-21(13-15-4-6-16(20)7-5-15)19(22)14-24-18-10-8-17(23-2)9-11-18/h1,4-11H,12-14H2,2H3. The number of hydrogen-bond acceptors (Lipinski definition) is 3. The van der Waals surface area contributed by atoms with Crippen LogP contribution in [0.3, 0.4) is 0 Å². The third kappa shape index (κ3) is 5.32. The van der Waals surface area contributed by atoms with Crippen molar-refractivity contribution >= 4 is 17.7 Å². The van der Waals surface area contributed by atoms with Gasteiger partial charge in [0.15, 0.2) is 0 Å². The summed E-state index contributed by atoms with van der Waals surface area (Å²) in [5.74, 6) is 3.20. The zero-order valence-corrected chi connectivity index (χ0v) is 14.2. The highest BCUT2D eigenvalue weighted by Gasteiger charge is 2.13. The van der Waals surface area contributed by atoms with Crippen molar-refractivity contribution in [3.05, 3.63) is 59.9 Å². The van der Waals surface area contributed by atoms with Crippen molar-refractivity contribution in [1.29, 1.82) is 0 Å². The number of rotatable bonds is 7. The van der Waals surface area contributed by atoms with Gasteiger partial charge >= 0.3 is 0 Å². The number of methoxy groups -OCH3 is 1. The lowest BCUT2D eigenvalue weighted by Crippen LogP contribution is -2.32. The van der Waals surface area contributed by atoms with Gasteiger partial charge in [-0.25, -0.2) is 4.39 Å². The van der Waals surface area contributed by atoms with E-state index in [9.17, 15) is 9.18 Å². The number of carbonyl (C=O) groups excluding carboxylic acids is 1. The minimum atomic E-state index is -0.302. The summed E-state index contributed by atoms with van der Waals surface area (Å²) >= 11 is 1.44. The minimum absolute atomic E-state index is 0.0573. The number of ether oxygens (including phenoxy) is 1. The molecule has 0 N–H and O–H groups in total. The topological polar surface area (TPSA) is 29.5 Å². The Bertz CT molecular complexity index is 708. The maximum atomic E-state index is 13.0. The van der Waals surface area contributed by atoms with Crippen LogP contribution in [0.1, 0.15) is 5.56 Å². The summed E-state index contributed by atoms with van der Waals surface area (Å²) in [4.78, 5) is 15.0. The molecule has 124 valence electrons. The summed E-state index contributed by atoms with van der Waals surface area (Å²) in [7, 11) is 1.61. The molecule has 0 saturated carbocycles. The van der Waals surface area contributed by atoms with Crippen molar-refractivity contribution in [2.24, 2.45) is 0 Å². The van der Waals surface area contributed by atoms with Crippen LogP contribution in [-0.4, -0.2) is 30.2 Å². The van der Waals surface area contributed by atoms with Crippen LogP contribution in [0.4, 0.5) is 4.39 Å². The van der Waals surface area contributed by atoms with E-state index in [0.717, 1.165) is 16.2 Å². The second kappa shape index (κ2) is 8.99. The molecule has 2 rings (SSSR count). The first-order valence-electron chi connectivity index (χ1n) is 7.35.